The molecule has 2 fully saturated rings. The molecule has 1 atom stereocenters. The van der Waals surface area contributed by atoms with E-state index < -0.39 is 17.4 Å². The molecule has 1 aliphatic carbocycles. The largest absolute Gasteiger partial charge is 0.530 e. The van der Waals surface area contributed by atoms with Gasteiger partial charge in [0.2, 0.25) is 0 Å². The molecule has 1 saturated heterocycles. The third kappa shape index (κ3) is 1.66. The van der Waals surface area contributed by atoms with Crippen molar-refractivity contribution in [3.05, 3.63) is 0 Å². The van der Waals surface area contributed by atoms with Crippen molar-refractivity contribution in [3.8, 4) is 0 Å². The number of amides is 1. The fourth-order valence-electron chi connectivity index (χ4n) is 3.23. The van der Waals surface area contributed by atoms with Gasteiger partial charge in [0.25, 0.3) is 5.92 Å². The van der Waals surface area contributed by atoms with E-state index in [1.807, 2.05) is 6.92 Å². The summed E-state index contributed by atoms with van der Waals surface area (Å²) in [6.45, 7) is 2.21. The number of carbonyl (C=O) groups excluding carboxylic acids is 1. The molecule has 0 N–H and O–H groups in total. The molecule has 2 rings (SSSR count). The Morgan fingerprint density at radius 1 is 1.31 bits per heavy atom. The number of carbonyl (C=O) groups is 1. The van der Waals surface area contributed by atoms with Gasteiger partial charge in [-0.15, -0.1) is 0 Å². The van der Waals surface area contributed by atoms with Gasteiger partial charge in [0.15, 0.2) is 0 Å². The molecule has 0 aromatic heterocycles. The summed E-state index contributed by atoms with van der Waals surface area (Å²) in [6.07, 6.45) is -0.264. The van der Waals surface area contributed by atoms with Gasteiger partial charge in [-0.05, 0) is 25.2 Å². The zero-order valence-corrected chi connectivity index (χ0v) is 9.34. The van der Waals surface area contributed by atoms with Crippen LogP contribution in [0.25, 0.3) is 0 Å². The van der Waals surface area contributed by atoms with Crippen LogP contribution < -0.4 is 5.11 Å². The summed E-state index contributed by atoms with van der Waals surface area (Å²) in [5.41, 5.74) is -0.960. The normalized spacial score (nSPS) is 31.9. The molecule has 1 aliphatic heterocycles. The summed E-state index contributed by atoms with van der Waals surface area (Å²) < 4.78 is 27.8. The van der Waals surface area contributed by atoms with Gasteiger partial charge in [0.1, 0.15) is 6.09 Å². The Kier molecular flexibility index (Phi) is 2.59. The molecule has 0 bridgehead atoms. The Labute approximate surface area is 93.4 Å². The van der Waals surface area contributed by atoms with Gasteiger partial charge in [-0.1, -0.05) is 6.92 Å². The van der Waals surface area contributed by atoms with Crippen molar-refractivity contribution < 1.29 is 18.7 Å². The van der Waals surface area contributed by atoms with Crippen molar-refractivity contribution in [2.24, 2.45) is 11.3 Å². The molecule has 0 aromatic carbocycles. The van der Waals surface area contributed by atoms with Crippen molar-refractivity contribution in [3.63, 3.8) is 0 Å². The lowest BCUT2D eigenvalue weighted by molar-refractivity contribution is -0.268. The molecular weight excluding hydrogens is 216 g/mol. The average molecular weight is 232 g/mol. The molecule has 0 radical (unpaired) electrons. The number of carboxylic acid groups (broad SMARTS) is 1. The molecule has 1 saturated carbocycles. The summed E-state index contributed by atoms with van der Waals surface area (Å²) in [5.74, 6) is -2.60. The zero-order chi connectivity index (χ0) is 12.0. The summed E-state index contributed by atoms with van der Waals surface area (Å²) in [6, 6.07) is 0. The minimum absolute atomic E-state index is 0.0319. The van der Waals surface area contributed by atoms with E-state index in [2.05, 4.69) is 0 Å². The van der Waals surface area contributed by atoms with E-state index in [1.165, 1.54) is 0 Å². The molecule has 1 spiro atoms. The minimum Gasteiger partial charge on any atom is -0.530 e. The van der Waals surface area contributed by atoms with E-state index in [4.69, 9.17) is 0 Å². The Bertz CT molecular complexity index is 298. The number of hydrogen-bond acceptors (Lipinski definition) is 2. The predicted molar refractivity (Wildman–Crippen MR) is 52.0 cm³/mol. The van der Waals surface area contributed by atoms with Gasteiger partial charge >= 0.3 is 0 Å². The maximum Gasteiger partial charge on any atom is 0.254 e. The zero-order valence-electron chi connectivity index (χ0n) is 9.34. The lowest BCUT2D eigenvalue weighted by Crippen LogP contribution is -2.51. The average Bonchev–Trinajstić information content (AvgIpc) is 2.37. The summed E-state index contributed by atoms with van der Waals surface area (Å²) >= 11 is 0. The molecule has 1 heterocycles. The SMILES string of the molecule is CC1CC(F)(F)C2(CCN(C(=O)[O-])CC2)C1. The molecule has 0 aromatic rings. The molecular formula is C11H16F2NO2-. The first-order valence-electron chi connectivity index (χ1n) is 5.70. The molecule has 1 unspecified atom stereocenters. The van der Waals surface area contributed by atoms with E-state index in [9.17, 15) is 18.7 Å². The first-order valence-corrected chi connectivity index (χ1v) is 5.70. The van der Waals surface area contributed by atoms with Gasteiger partial charge in [0.05, 0.1) is 0 Å². The van der Waals surface area contributed by atoms with Gasteiger partial charge in [-0.25, -0.2) is 8.78 Å². The van der Waals surface area contributed by atoms with Crippen LogP contribution in [0, 0.1) is 11.3 Å². The van der Waals surface area contributed by atoms with E-state index in [0.717, 1.165) is 4.90 Å². The van der Waals surface area contributed by atoms with Gasteiger partial charge in [-0.2, -0.15) is 0 Å². The van der Waals surface area contributed by atoms with E-state index >= 15 is 0 Å². The topological polar surface area (TPSA) is 43.4 Å². The molecule has 1 amide bonds. The lowest BCUT2D eigenvalue weighted by atomic mass is 9.74. The molecule has 5 heteroatoms. The van der Waals surface area contributed by atoms with Gasteiger partial charge in [0, 0.05) is 24.9 Å². The minimum atomic E-state index is -2.63. The Morgan fingerprint density at radius 2 is 1.88 bits per heavy atom. The van der Waals surface area contributed by atoms with Crippen LogP contribution in [0.15, 0.2) is 0 Å². The first kappa shape index (κ1) is 11.6. The summed E-state index contributed by atoms with van der Waals surface area (Å²) in [4.78, 5) is 11.7. The monoisotopic (exact) mass is 232 g/mol. The number of rotatable bonds is 0. The van der Waals surface area contributed by atoms with Crippen LogP contribution in [0.1, 0.15) is 32.6 Å². The number of piperidine rings is 1. The van der Waals surface area contributed by atoms with Crippen LogP contribution in [0.2, 0.25) is 0 Å². The van der Waals surface area contributed by atoms with Crippen molar-refractivity contribution >= 4 is 6.09 Å². The molecule has 16 heavy (non-hydrogen) atoms. The number of alkyl halides is 2. The van der Waals surface area contributed by atoms with Crippen molar-refractivity contribution in [2.45, 2.75) is 38.5 Å². The van der Waals surface area contributed by atoms with E-state index in [1.54, 1.807) is 0 Å². The second-order valence-electron chi connectivity index (χ2n) is 5.25. The summed E-state index contributed by atoms with van der Waals surface area (Å²) in [5, 5.41) is 10.6. The van der Waals surface area contributed by atoms with Crippen LogP contribution in [0.5, 0.6) is 0 Å². The number of nitrogens with zero attached hydrogens (tertiary/aromatic N) is 1. The Balaban J connectivity index is 2.09. The van der Waals surface area contributed by atoms with Crippen molar-refractivity contribution in [1.29, 1.82) is 0 Å². The van der Waals surface area contributed by atoms with Crippen LogP contribution in [0.4, 0.5) is 13.6 Å². The number of hydrogen-bond donors (Lipinski definition) is 0. The Hall–Kier alpha value is -0.870. The highest BCUT2D eigenvalue weighted by atomic mass is 19.3. The third-order valence-electron chi connectivity index (χ3n) is 4.10. The van der Waals surface area contributed by atoms with Crippen LogP contribution >= 0.6 is 0 Å². The maximum atomic E-state index is 13.9. The van der Waals surface area contributed by atoms with Crippen LogP contribution in [-0.4, -0.2) is 30.0 Å². The smallest absolute Gasteiger partial charge is 0.254 e. The number of halogens is 2. The second kappa shape index (κ2) is 3.57. The van der Waals surface area contributed by atoms with Crippen LogP contribution in [0.3, 0.4) is 0 Å². The highest BCUT2D eigenvalue weighted by Gasteiger charge is 2.59. The third-order valence-corrected chi connectivity index (χ3v) is 4.10. The van der Waals surface area contributed by atoms with Gasteiger partial charge < -0.3 is 14.8 Å². The van der Waals surface area contributed by atoms with Crippen LogP contribution in [-0.2, 0) is 0 Å². The fourth-order valence-corrected chi connectivity index (χ4v) is 3.23. The Morgan fingerprint density at radius 3 is 2.25 bits per heavy atom. The highest BCUT2D eigenvalue weighted by molar-refractivity contribution is 5.62. The standard InChI is InChI=1S/C11H17F2NO2/c1-8-6-10(11(12,13)7-8)2-4-14(5-3-10)9(15)16/h8H,2-7H2,1H3,(H,15,16)/p-1. The quantitative estimate of drug-likeness (QED) is 0.635. The molecule has 92 valence electrons. The first-order chi connectivity index (χ1) is 7.36. The number of likely N-dealkylation sites (tertiary alicyclic amines) is 1. The highest BCUT2D eigenvalue weighted by Crippen LogP contribution is 2.57. The molecule has 2 aliphatic rings. The molecule has 3 nitrogen and oxygen atoms in total. The van der Waals surface area contributed by atoms with E-state index in [0.29, 0.717) is 6.42 Å². The summed E-state index contributed by atoms with van der Waals surface area (Å²) in [7, 11) is 0. The lowest BCUT2D eigenvalue weighted by Gasteiger charge is -2.43. The van der Waals surface area contributed by atoms with Crippen molar-refractivity contribution in [1.82, 2.24) is 4.90 Å². The maximum absolute atomic E-state index is 13.9. The second-order valence-corrected chi connectivity index (χ2v) is 5.25. The predicted octanol–water partition coefficient (Wildman–Crippen LogP) is 1.48. The van der Waals surface area contributed by atoms with Crippen molar-refractivity contribution in [2.75, 3.05) is 13.1 Å². The fraction of sp³-hybridized carbons (Fsp3) is 0.909. The van der Waals surface area contributed by atoms with E-state index in [-0.39, 0.29) is 38.3 Å². The van der Waals surface area contributed by atoms with Gasteiger partial charge in [-0.3, -0.25) is 0 Å².